The molecule has 2 amide bonds. The number of fused-ring (bicyclic) bond motifs is 1. The maximum atomic E-state index is 12.9. The molecule has 1 aromatic rings. The number of nitrogens with zero attached hydrogens (tertiary/aromatic N) is 1. The molecule has 130 valence electrons. The predicted octanol–water partition coefficient (Wildman–Crippen LogP) is 1.73. The summed E-state index contributed by atoms with van der Waals surface area (Å²) in [4.78, 5) is 40.7. The van der Waals surface area contributed by atoms with Crippen molar-refractivity contribution < 1.29 is 19.1 Å². The van der Waals surface area contributed by atoms with Crippen molar-refractivity contribution in [2.75, 3.05) is 13.2 Å². The molecule has 4 atom stereocenters. The van der Waals surface area contributed by atoms with E-state index in [0.29, 0.717) is 13.0 Å². The first-order valence-electron chi connectivity index (χ1n) is 8.35. The second-order valence-electron chi connectivity index (χ2n) is 6.11. The normalized spacial score (nSPS) is 32.3. The van der Waals surface area contributed by atoms with E-state index in [1.807, 2.05) is 24.4 Å². The Labute approximate surface area is 145 Å². The fourth-order valence-electron chi connectivity index (χ4n) is 4.00. The van der Waals surface area contributed by atoms with Crippen LogP contribution in [0.1, 0.15) is 38.1 Å². The van der Waals surface area contributed by atoms with Crippen LogP contribution in [-0.2, 0) is 19.1 Å². The molecule has 1 N–H and O–H groups in total. The van der Waals surface area contributed by atoms with E-state index in [1.54, 1.807) is 13.8 Å². The summed E-state index contributed by atoms with van der Waals surface area (Å²) >= 11 is 1.52. The third-order valence-corrected chi connectivity index (χ3v) is 6.06. The standard InChI is InChI=1S/C17H22N2O4S/c1-4-17(16(22)23-6-3)12-11(14(20)19(5-2)15(12)21)13(18-17)10-8-7-9-24-10/h7-9,11-13,18H,4-6H2,1-3H3/t11-,12-,13-,17+/m0/s1. The minimum Gasteiger partial charge on any atom is -0.465 e. The molecular weight excluding hydrogens is 328 g/mol. The summed E-state index contributed by atoms with van der Waals surface area (Å²) < 4.78 is 5.27. The third kappa shape index (κ3) is 2.22. The Bertz CT molecular complexity index is 660. The van der Waals surface area contributed by atoms with Crippen molar-refractivity contribution in [1.29, 1.82) is 0 Å². The Morgan fingerprint density at radius 1 is 1.33 bits per heavy atom. The summed E-state index contributed by atoms with van der Waals surface area (Å²) in [5.41, 5.74) is -1.15. The van der Waals surface area contributed by atoms with Gasteiger partial charge >= 0.3 is 5.97 Å². The summed E-state index contributed by atoms with van der Waals surface area (Å²) in [6, 6.07) is 3.50. The average molecular weight is 350 g/mol. The van der Waals surface area contributed by atoms with Crippen molar-refractivity contribution in [3.8, 4) is 0 Å². The molecule has 3 heterocycles. The molecule has 2 aliphatic heterocycles. The van der Waals surface area contributed by atoms with Crippen molar-refractivity contribution >= 4 is 29.1 Å². The Kier molecular flexibility index (Phi) is 4.48. The van der Waals surface area contributed by atoms with Crippen LogP contribution in [0.4, 0.5) is 0 Å². The first-order valence-corrected chi connectivity index (χ1v) is 9.23. The van der Waals surface area contributed by atoms with Crippen LogP contribution >= 0.6 is 11.3 Å². The van der Waals surface area contributed by atoms with E-state index in [9.17, 15) is 14.4 Å². The van der Waals surface area contributed by atoms with Crippen LogP contribution in [0.25, 0.3) is 0 Å². The van der Waals surface area contributed by atoms with Crippen LogP contribution in [0.5, 0.6) is 0 Å². The van der Waals surface area contributed by atoms with Gasteiger partial charge in [-0.15, -0.1) is 11.3 Å². The largest absolute Gasteiger partial charge is 0.465 e. The van der Waals surface area contributed by atoms with Crippen molar-refractivity contribution in [1.82, 2.24) is 10.2 Å². The lowest BCUT2D eigenvalue weighted by Gasteiger charge is -2.31. The Morgan fingerprint density at radius 2 is 2.08 bits per heavy atom. The van der Waals surface area contributed by atoms with Gasteiger partial charge in [0.2, 0.25) is 11.8 Å². The zero-order valence-corrected chi connectivity index (χ0v) is 14.9. The highest BCUT2D eigenvalue weighted by Crippen LogP contribution is 2.50. The molecule has 0 spiro atoms. The lowest BCUT2D eigenvalue weighted by molar-refractivity contribution is -0.156. The molecule has 24 heavy (non-hydrogen) atoms. The van der Waals surface area contributed by atoms with Crippen LogP contribution in [0.2, 0.25) is 0 Å². The number of likely N-dealkylation sites (tertiary alicyclic amines) is 1. The van der Waals surface area contributed by atoms with Crippen molar-refractivity contribution in [2.24, 2.45) is 11.8 Å². The first kappa shape index (κ1) is 17.1. The summed E-state index contributed by atoms with van der Waals surface area (Å²) in [6.45, 7) is 5.93. The fourth-order valence-corrected chi connectivity index (χ4v) is 4.83. The van der Waals surface area contributed by atoms with E-state index in [-0.39, 0.29) is 24.5 Å². The minimum absolute atomic E-state index is 0.196. The van der Waals surface area contributed by atoms with Gasteiger partial charge < -0.3 is 4.74 Å². The third-order valence-electron chi connectivity index (χ3n) is 5.11. The van der Waals surface area contributed by atoms with Gasteiger partial charge in [0.15, 0.2) is 0 Å². The van der Waals surface area contributed by atoms with E-state index < -0.39 is 23.3 Å². The fraction of sp³-hybridized carbons (Fsp3) is 0.588. The van der Waals surface area contributed by atoms with Crippen LogP contribution in [0.15, 0.2) is 17.5 Å². The van der Waals surface area contributed by atoms with E-state index in [4.69, 9.17) is 4.74 Å². The number of ether oxygens (including phenoxy) is 1. The number of rotatable bonds is 5. The van der Waals surface area contributed by atoms with Gasteiger partial charge in [0.05, 0.1) is 24.5 Å². The summed E-state index contributed by atoms with van der Waals surface area (Å²) in [5.74, 6) is -2.17. The van der Waals surface area contributed by atoms with Crippen LogP contribution in [0, 0.1) is 11.8 Å². The number of imide groups is 1. The van der Waals surface area contributed by atoms with Gasteiger partial charge in [0.25, 0.3) is 0 Å². The highest BCUT2D eigenvalue weighted by molar-refractivity contribution is 7.10. The predicted molar refractivity (Wildman–Crippen MR) is 89.2 cm³/mol. The summed E-state index contributed by atoms with van der Waals surface area (Å²) in [7, 11) is 0. The molecule has 0 unspecified atom stereocenters. The van der Waals surface area contributed by atoms with Gasteiger partial charge in [0.1, 0.15) is 5.54 Å². The minimum atomic E-state index is -1.15. The number of amides is 2. The Balaban J connectivity index is 2.10. The highest BCUT2D eigenvalue weighted by atomic mass is 32.1. The number of thiophene rings is 1. The molecule has 7 heteroatoms. The molecule has 2 fully saturated rings. The summed E-state index contributed by atoms with van der Waals surface area (Å²) in [6.07, 6.45) is 0.394. The van der Waals surface area contributed by atoms with Crippen molar-refractivity contribution in [3.05, 3.63) is 22.4 Å². The molecule has 3 rings (SSSR count). The van der Waals surface area contributed by atoms with Gasteiger partial charge in [0, 0.05) is 11.4 Å². The van der Waals surface area contributed by atoms with Crippen LogP contribution in [0.3, 0.4) is 0 Å². The Morgan fingerprint density at radius 3 is 2.62 bits per heavy atom. The maximum Gasteiger partial charge on any atom is 0.327 e. The van der Waals surface area contributed by atoms with Crippen molar-refractivity contribution in [2.45, 2.75) is 38.8 Å². The van der Waals surface area contributed by atoms with Gasteiger partial charge in [-0.2, -0.15) is 0 Å². The smallest absolute Gasteiger partial charge is 0.327 e. The first-order chi connectivity index (χ1) is 11.5. The number of carbonyl (C=O) groups excluding carboxylic acids is 3. The van der Waals surface area contributed by atoms with Gasteiger partial charge in [-0.3, -0.25) is 24.6 Å². The number of nitrogens with one attached hydrogen (secondary N) is 1. The zero-order valence-electron chi connectivity index (χ0n) is 14.1. The number of carbonyl (C=O) groups is 3. The monoisotopic (exact) mass is 350 g/mol. The maximum absolute atomic E-state index is 12.9. The summed E-state index contributed by atoms with van der Waals surface area (Å²) in [5, 5.41) is 5.25. The Hall–Kier alpha value is -1.73. The van der Waals surface area contributed by atoms with Gasteiger partial charge in [-0.25, -0.2) is 0 Å². The van der Waals surface area contributed by atoms with E-state index in [2.05, 4.69) is 5.32 Å². The number of esters is 1. The SMILES string of the molecule is CCOC(=O)[C@]1(CC)N[C@@H](c2cccs2)[C@H]2C(=O)N(CC)C(=O)[C@H]21. The van der Waals surface area contributed by atoms with Crippen LogP contribution < -0.4 is 5.32 Å². The molecule has 0 bridgehead atoms. The average Bonchev–Trinajstić information content (AvgIpc) is 3.25. The topological polar surface area (TPSA) is 75.7 Å². The van der Waals surface area contributed by atoms with Gasteiger partial charge in [-0.05, 0) is 31.7 Å². The zero-order chi connectivity index (χ0) is 17.5. The van der Waals surface area contributed by atoms with Gasteiger partial charge in [-0.1, -0.05) is 13.0 Å². The number of hydrogen-bond acceptors (Lipinski definition) is 6. The quantitative estimate of drug-likeness (QED) is 0.646. The number of hydrogen-bond donors (Lipinski definition) is 1. The molecule has 1 aromatic heterocycles. The molecule has 6 nitrogen and oxygen atoms in total. The molecule has 0 aromatic carbocycles. The molecular formula is C17H22N2O4S. The second kappa shape index (κ2) is 6.29. The van der Waals surface area contributed by atoms with Crippen molar-refractivity contribution in [3.63, 3.8) is 0 Å². The second-order valence-corrected chi connectivity index (χ2v) is 7.09. The lowest BCUT2D eigenvalue weighted by atomic mass is 9.78. The van der Waals surface area contributed by atoms with E-state index in [1.165, 1.54) is 16.2 Å². The molecule has 2 aliphatic rings. The van der Waals surface area contributed by atoms with Crippen LogP contribution in [-0.4, -0.2) is 41.4 Å². The molecule has 0 radical (unpaired) electrons. The molecule has 0 aliphatic carbocycles. The lowest BCUT2D eigenvalue weighted by Crippen LogP contribution is -2.56. The van der Waals surface area contributed by atoms with E-state index in [0.717, 1.165) is 4.88 Å². The molecule has 0 saturated carbocycles. The molecule has 2 saturated heterocycles. The van der Waals surface area contributed by atoms with E-state index >= 15 is 0 Å². The highest BCUT2D eigenvalue weighted by Gasteiger charge is 2.68.